The van der Waals surface area contributed by atoms with Crippen LogP contribution in [0.15, 0.2) is 95.8 Å². The summed E-state index contributed by atoms with van der Waals surface area (Å²) in [6.07, 6.45) is 0.496. The van der Waals surface area contributed by atoms with Crippen molar-refractivity contribution in [1.29, 1.82) is 0 Å². The molecule has 164 valence electrons. The van der Waals surface area contributed by atoms with Crippen molar-refractivity contribution in [2.75, 3.05) is 6.54 Å². The average Bonchev–Trinajstić information content (AvgIpc) is 2.87. The third kappa shape index (κ3) is 3.98. The number of aryl methyl sites for hydroxylation is 1. The van der Waals surface area contributed by atoms with Crippen LogP contribution in [0.25, 0.3) is 0 Å². The number of benzene rings is 3. The number of fused-ring (bicyclic) bond motifs is 1. The van der Waals surface area contributed by atoms with Gasteiger partial charge in [0.05, 0.1) is 18.3 Å². The van der Waals surface area contributed by atoms with Crippen LogP contribution in [0.4, 0.5) is 0 Å². The summed E-state index contributed by atoms with van der Waals surface area (Å²) >= 11 is 0. The topological polar surface area (TPSA) is 55.2 Å². The average molecular weight is 436 g/mol. The number of aromatic nitrogens is 2. The summed E-state index contributed by atoms with van der Waals surface area (Å²) in [7, 11) is 0. The summed E-state index contributed by atoms with van der Waals surface area (Å²) in [5.74, 6) is 0.613. The van der Waals surface area contributed by atoms with Gasteiger partial charge >= 0.3 is 0 Å². The number of hydrogen-bond donors (Lipinski definition) is 0. The van der Waals surface area contributed by atoms with E-state index in [1.165, 1.54) is 0 Å². The van der Waals surface area contributed by atoms with E-state index in [9.17, 15) is 9.59 Å². The van der Waals surface area contributed by atoms with Crippen molar-refractivity contribution in [1.82, 2.24) is 14.5 Å². The van der Waals surface area contributed by atoms with Crippen LogP contribution in [-0.2, 0) is 13.0 Å². The zero-order chi connectivity index (χ0) is 22.8. The Labute approximate surface area is 193 Å². The Morgan fingerprint density at radius 1 is 0.848 bits per heavy atom. The van der Waals surface area contributed by atoms with E-state index >= 15 is 0 Å². The summed E-state index contributed by atoms with van der Waals surface area (Å²) in [5.41, 5.74) is 4.10. The number of rotatable bonds is 4. The highest BCUT2D eigenvalue weighted by molar-refractivity contribution is 5.94. The summed E-state index contributed by atoms with van der Waals surface area (Å²) in [6.45, 7) is 2.72. The van der Waals surface area contributed by atoms with Gasteiger partial charge in [0.25, 0.3) is 11.5 Å². The van der Waals surface area contributed by atoms with Crippen LogP contribution in [0.3, 0.4) is 0 Å². The molecule has 1 amide bonds. The van der Waals surface area contributed by atoms with E-state index in [4.69, 9.17) is 4.98 Å². The van der Waals surface area contributed by atoms with Crippen LogP contribution < -0.4 is 5.56 Å². The Hall–Kier alpha value is -3.99. The van der Waals surface area contributed by atoms with Gasteiger partial charge in [-0.1, -0.05) is 78.9 Å². The molecule has 0 spiro atoms. The van der Waals surface area contributed by atoms with Crippen LogP contribution in [-0.4, -0.2) is 26.9 Å². The van der Waals surface area contributed by atoms with Gasteiger partial charge in [0.15, 0.2) is 0 Å². The molecule has 5 nitrogen and oxygen atoms in total. The minimum atomic E-state index is -0.262. The van der Waals surface area contributed by atoms with E-state index in [2.05, 4.69) is 0 Å². The first-order chi connectivity index (χ1) is 16.1. The zero-order valence-electron chi connectivity index (χ0n) is 18.5. The molecule has 0 unspecified atom stereocenters. The first-order valence-corrected chi connectivity index (χ1v) is 11.2. The van der Waals surface area contributed by atoms with Crippen molar-refractivity contribution in [3.63, 3.8) is 0 Å². The van der Waals surface area contributed by atoms with Gasteiger partial charge in [0, 0.05) is 17.7 Å². The quantitative estimate of drug-likeness (QED) is 0.478. The molecule has 1 aromatic heterocycles. The molecule has 0 aliphatic carbocycles. The lowest BCUT2D eigenvalue weighted by Gasteiger charge is -2.30. The molecule has 5 heteroatoms. The molecule has 4 aromatic rings. The zero-order valence-corrected chi connectivity index (χ0v) is 18.5. The lowest BCUT2D eigenvalue weighted by atomic mass is 9.97. The van der Waals surface area contributed by atoms with Gasteiger partial charge in [0.2, 0.25) is 0 Å². The fourth-order valence-electron chi connectivity index (χ4n) is 4.62. The Bertz CT molecular complexity index is 1290. The number of carbonyl (C=O) groups excluding carboxylic acids is 1. The maximum absolute atomic E-state index is 13.8. The Morgan fingerprint density at radius 2 is 1.39 bits per heavy atom. The molecule has 33 heavy (non-hydrogen) atoms. The largest absolute Gasteiger partial charge is 0.332 e. The predicted octanol–water partition coefficient (Wildman–Crippen LogP) is 4.39. The highest BCUT2D eigenvalue weighted by Gasteiger charge is 2.28. The van der Waals surface area contributed by atoms with Crippen LogP contribution >= 0.6 is 0 Å². The molecule has 0 bridgehead atoms. The lowest BCUT2D eigenvalue weighted by Crippen LogP contribution is -2.42. The SMILES string of the molecule is Cc1nc2c(c(=O)n1C(c1ccccc1)c1ccccc1)CCN(C(=O)c1ccccc1)C2. The first-order valence-electron chi connectivity index (χ1n) is 11.2. The van der Waals surface area contributed by atoms with Gasteiger partial charge < -0.3 is 4.90 Å². The van der Waals surface area contributed by atoms with E-state index < -0.39 is 0 Å². The van der Waals surface area contributed by atoms with E-state index in [1.807, 2.05) is 97.9 Å². The minimum Gasteiger partial charge on any atom is -0.332 e. The van der Waals surface area contributed by atoms with Crippen molar-refractivity contribution >= 4 is 5.91 Å². The Kier molecular flexibility index (Phi) is 5.61. The van der Waals surface area contributed by atoms with Crippen LogP contribution in [0, 0.1) is 6.92 Å². The third-order valence-corrected chi connectivity index (χ3v) is 6.24. The van der Waals surface area contributed by atoms with Crippen molar-refractivity contribution in [3.8, 4) is 0 Å². The van der Waals surface area contributed by atoms with Gasteiger partial charge in [0.1, 0.15) is 5.82 Å². The lowest BCUT2D eigenvalue weighted by molar-refractivity contribution is 0.0730. The van der Waals surface area contributed by atoms with E-state index in [-0.39, 0.29) is 17.5 Å². The predicted molar refractivity (Wildman–Crippen MR) is 128 cm³/mol. The van der Waals surface area contributed by atoms with Gasteiger partial charge in [-0.2, -0.15) is 0 Å². The molecule has 2 heterocycles. The van der Waals surface area contributed by atoms with E-state index in [0.717, 1.165) is 11.1 Å². The van der Waals surface area contributed by atoms with E-state index in [0.29, 0.717) is 42.2 Å². The Morgan fingerprint density at radius 3 is 1.97 bits per heavy atom. The second kappa shape index (κ2) is 8.87. The van der Waals surface area contributed by atoms with Crippen molar-refractivity contribution in [2.24, 2.45) is 0 Å². The fraction of sp³-hybridized carbons (Fsp3) is 0.179. The van der Waals surface area contributed by atoms with Crippen molar-refractivity contribution in [3.05, 3.63) is 135 Å². The van der Waals surface area contributed by atoms with Crippen LogP contribution in [0.5, 0.6) is 0 Å². The maximum atomic E-state index is 13.8. The standard InChI is InChI=1S/C28H25N3O2/c1-20-29-25-19-30(27(32)23-15-9-4-10-16-23)18-17-24(25)28(33)31(20)26(21-11-5-2-6-12-21)22-13-7-3-8-14-22/h2-16,26H,17-19H2,1H3. The van der Waals surface area contributed by atoms with Gasteiger partial charge in [-0.25, -0.2) is 4.98 Å². The van der Waals surface area contributed by atoms with Crippen LogP contribution in [0.1, 0.15) is 44.6 Å². The summed E-state index contributed by atoms with van der Waals surface area (Å²) in [4.78, 5) is 33.3. The molecule has 0 saturated carbocycles. The molecular formula is C28H25N3O2. The molecule has 0 radical (unpaired) electrons. The number of nitrogens with zero attached hydrogens (tertiary/aromatic N) is 3. The van der Waals surface area contributed by atoms with Gasteiger partial charge in [-0.15, -0.1) is 0 Å². The van der Waals surface area contributed by atoms with Crippen molar-refractivity contribution in [2.45, 2.75) is 25.9 Å². The van der Waals surface area contributed by atoms with Crippen molar-refractivity contribution < 1.29 is 4.79 Å². The smallest absolute Gasteiger partial charge is 0.257 e. The van der Waals surface area contributed by atoms with Gasteiger partial charge in [-0.05, 0) is 36.6 Å². The molecule has 1 aliphatic rings. The summed E-state index contributed by atoms with van der Waals surface area (Å²) in [5, 5.41) is 0. The normalized spacial score (nSPS) is 13.1. The monoisotopic (exact) mass is 435 g/mol. The molecule has 0 N–H and O–H groups in total. The molecule has 0 saturated heterocycles. The summed E-state index contributed by atoms with van der Waals surface area (Å²) < 4.78 is 1.80. The molecule has 5 rings (SSSR count). The second-order valence-electron chi connectivity index (χ2n) is 8.33. The number of carbonyl (C=O) groups is 1. The molecule has 0 fully saturated rings. The summed E-state index contributed by atoms with van der Waals surface area (Å²) in [6, 6.07) is 29.1. The Balaban J connectivity index is 1.56. The first kappa shape index (κ1) is 20.9. The van der Waals surface area contributed by atoms with E-state index in [1.54, 1.807) is 9.47 Å². The fourth-order valence-corrected chi connectivity index (χ4v) is 4.62. The molecule has 1 aliphatic heterocycles. The highest BCUT2D eigenvalue weighted by Crippen LogP contribution is 2.27. The van der Waals surface area contributed by atoms with Gasteiger partial charge in [-0.3, -0.25) is 14.2 Å². The maximum Gasteiger partial charge on any atom is 0.257 e. The minimum absolute atomic E-state index is 0.0259. The second-order valence-corrected chi connectivity index (χ2v) is 8.33. The molecular weight excluding hydrogens is 410 g/mol. The molecule has 3 aromatic carbocycles. The number of hydrogen-bond acceptors (Lipinski definition) is 3. The van der Waals surface area contributed by atoms with Crippen LogP contribution in [0.2, 0.25) is 0 Å². The molecule has 0 atom stereocenters. The highest BCUT2D eigenvalue weighted by atomic mass is 16.2. The number of amides is 1. The third-order valence-electron chi connectivity index (χ3n) is 6.24.